The number of hydrogen-bond donors (Lipinski definition) is 4. The molecule has 0 aromatic heterocycles. The second-order valence-corrected chi connectivity index (χ2v) is 9.15. The Bertz CT molecular complexity index is 1050. The van der Waals surface area contributed by atoms with Crippen LogP contribution >= 0.6 is 0 Å². The van der Waals surface area contributed by atoms with Gasteiger partial charge in [-0.1, -0.05) is 12.1 Å². The molecule has 0 saturated carbocycles. The lowest BCUT2D eigenvalue weighted by Gasteiger charge is -2.37. The van der Waals surface area contributed by atoms with Gasteiger partial charge in [0.15, 0.2) is 0 Å². The first-order chi connectivity index (χ1) is 16.3. The van der Waals surface area contributed by atoms with Gasteiger partial charge in [0.2, 0.25) is 11.8 Å². The quantitative estimate of drug-likeness (QED) is 0.453. The molecule has 9 heteroatoms. The number of phenols is 2. The number of aromatic hydroxyl groups is 2. The second-order valence-electron chi connectivity index (χ2n) is 9.15. The summed E-state index contributed by atoms with van der Waals surface area (Å²) in [5.41, 5.74) is 15.7. The van der Waals surface area contributed by atoms with Crippen molar-refractivity contribution in [1.82, 2.24) is 9.80 Å². The lowest BCUT2D eigenvalue weighted by Crippen LogP contribution is -2.53. The van der Waals surface area contributed by atoms with Gasteiger partial charge in [0.05, 0.1) is 6.04 Å². The van der Waals surface area contributed by atoms with Gasteiger partial charge in [-0.25, -0.2) is 0 Å². The van der Waals surface area contributed by atoms with Gasteiger partial charge in [-0.3, -0.25) is 14.5 Å². The molecule has 1 saturated heterocycles. The van der Waals surface area contributed by atoms with E-state index in [1.54, 1.807) is 17.0 Å². The van der Waals surface area contributed by atoms with E-state index in [9.17, 15) is 19.8 Å². The number of nitrogens with zero attached hydrogens (tertiary/aromatic N) is 3. The summed E-state index contributed by atoms with van der Waals surface area (Å²) >= 11 is 0. The van der Waals surface area contributed by atoms with Crippen LogP contribution in [0, 0.1) is 0 Å². The van der Waals surface area contributed by atoms with E-state index in [-0.39, 0.29) is 30.2 Å². The molecule has 0 spiro atoms. The maximum Gasteiger partial charge on any atom is 0.239 e. The first-order valence-corrected chi connectivity index (χ1v) is 11.7. The number of hydrogen-bond acceptors (Lipinski definition) is 7. The Labute approximate surface area is 199 Å². The van der Waals surface area contributed by atoms with Crippen LogP contribution in [0.25, 0.3) is 0 Å². The van der Waals surface area contributed by atoms with Crippen LogP contribution in [0.4, 0.5) is 5.69 Å². The fourth-order valence-corrected chi connectivity index (χ4v) is 4.69. The summed E-state index contributed by atoms with van der Waals surface area (Å²) in [5, 5.41) is 19.5. The fraction of sp³-hybridized carbons (Fsp3) is 0.440. The summed E-state index contributed by atoms with van der Waals surface area (Å²) in [6.45, 7) is 5.22. The molecule has 9 nitrogen and oxygen atoms in total. The van der Waals surface area contributed by atoms with Gasteiger partial charge in [0, 0.05) is 64.0 Å². The van der Waals surface area contributed by atoms with Crippen LogP contribution in [0.3, 0.4) is 0 Å². The Morgan fingerprint density at radius 3 is 2.41 bits per heavy atom. The summed E-state index contributed by atoms with van der Waals surface area (Å²) < 4.78 is 0. The first-order valence-electron chi connectivity index (χ1n) is 11.7. The number of fused-ring (bicyclic) bond motifs is 1. The average Bonchev–Trinajstić information content (AvgIpc) is 3.23. The van der Waals surface area contributed by atoms with Crippen molar-refractivity contribution in [2.24, 2.45) is 11.5 Å². The van der Waals surface area contributed by atoms with Crippen LogP contribution in [-0.4, -0.2) is 70.6 Å². The smallest absolute Gasteiger partial charge is 0.239 e. The molecule has 2 amide bonds. The summed E-state index contributed by atoms with van der Waals surface area (Å²) in [7, 11) is 0. The Balaban J connectivity index is 1.28. The van der Waals surface area contributed by atoms with Crippen molar-refractivity contribution in [3.05, 3.63) is 53.1 Å². The van der Waals surface area contributed by atoms with Crippen molar-refractivity contribution >= 4 is 17.5 Å². The van der Waals surface area contributed by atoms with Gasteiger partial charge >= 0.3 is 0 Å². The van der Waals surface area contributed by atoms with Crippen molar-refractivity contribution in [3.63, 3.8) is 0 Å². The molecule has 4 rings (SSSR count). The van der Waals surface area contributed by atoms with E-state index in [1.807, 2.05) is 0 Å². The van der Waals surface area contributed by atoms with Crippen molar-refractivity contribution in [2.75, 3.05) is 37.6 Å². The molecule has 0 radical (unpaired) electrons. The Morgan fingerprint density at radius 2 is 1.71 bits per heavy atom. The predicted molar refractivity (Wildman–Crippen MR) is 129 cm³/mol. The molecule has 2 aromatic rings. The van der Waals surface area contributed by atoms with Crippen molar-refractivity contribution in [1.29, 1.82) is 0 Å². The van der Waals surface area contributed by atoms with Crippen LogP contribution in [0.15, 0.2) is 36.4 Å². The van der Waals surface area contributed by atoms with E-state index in [1.165, 1.54) is 17.2 Å². The molecule has 0 unspecified atom stereocenters. The van der Waals surface area contributed by atoms with E-state index in [4.69, 9.17) is 11.5 Å². The van der Waals surface area contributed by atoms with Gasteiger partial charge < -0.3 is 31.5 Å². The van der Waals surface area contributed by atoms with Gasteiger partial charge in [0.25, 0.3) is 0 Å². The van der Waals surface area contributed by atoms with Gasteiger partial charge in [0.1, 0.15) is 11.5 Å². The SMILES string of the molecule is NC(=O)CC[C@@H](N)C(=O)N1CCN(c2ccc3c(c2)CN(CCc2ccc(O)cc2O)C3)CC1. The van der Waals surface area contributed by atoms with E-state index < -0.39 is 11.9 Å². The third kappa shape index (κ3) is 5.60. The molecule has 2 aromatic carbocycles. The maximum atomic E-state index is 12.5. The van der Waals surface area contributed by atoms with Crippen molar-refractivity contribution in [2.45, 2.75) is 38.4 Å². The van der Waals surface area contributed by atoms with Crippen LogP contribution in [0.1, 0.15) is 29.5 Å². The number of anilines is 1. The van der Waals surface area contributed by atoms with Gasteiger partial charge in [-0.05, 0) is 47.7 Å². The van der Waals surface area contributed by atoms with E-state index in [0.29, 0.717) is 19.5 Å². The molecule has 182 valence electrons. The number of amides is 2. The number of primary amides is 1. The third-order valence-corrected chi connectivity index (χ3v) is 6.72. The van der Waals surface area contributed by atoms with Crippen LogP contribution in [0.5, 0.6) is 11.5 Å². The highest BCUT2D eigenvalue weighted by atomic mass is 16.3. The number of carbonyl (C=O) groups is 2. The number of rotatable bonds is 8. The monoisotopic (exact) mass is 467 g/mol. The largest absolute Gasteiger partial charge is 0.508 e. The zero-order valence-electron chi connectivity index (χ0n) is 19.3. The van der Waals surface area contributed by atoms with Gasteiger partial charge in [-0.15, -0.1) is 0 Å². The standard InChI is InChI=1S/C25H33N5O4/c26-22(5-6-24(27)33)25(34)30-11-9-29(10-12-30)20-3-1-18-15-28(16-19(18)13-20)8-7-17-2-4-21(31)14-23(17)32/h1-4,13-14,22,31-32H,5-12,15-16,26H2,(H2,27,33)/t22-/m1/s1. The Kier molecular flexibility index (Phi) is 7.23. The number of benzene rings is 2. The minimum absolute atomic E-state index is 0.0680. The number of phenolic OH excluding ortho intramolecular Hbond substituents is 2. The maximum absolute atomic E-state index is 12.5. The Hall–Kier alpha value is -3.30. The fourth-order valence-electron chi connectivity index (χ4n) is 4.69. The zero-order chi connectivity index (χ0) is 24.2. The predicted octanol–water partition coefficient (Wildman–Crippen LogP) is 0.897. The van der Waals surface area contributed by atoms with Crippen LogP contribution in [0.2, 0.25) is 0 Å². The topological polar surface area (TPSA) is 136 Å². The van der Waals surface area contributed by atoms with E-state index in [2.05, 4.69) is 28.0 Å². The van der Waals surface area contributed by atoms with E-state index in [0.717, 1.165) is 44.0 Å². The number of carbonyl (C=O) groups excluding carboxylic acids is 2. The molecular formula is C25H33N5O4. The van der Waals surface area contributed by atoms with Crippen molar-refractivity contribution < 1.29 is 19.8 Å². The summed E-state index contributed by atoms with van der Waals surface area (Å²) in [6.07, 6.45) is 1.11. The highest BCUT2D eigenvalue weighted by molar-refractivity contribution is 5.83. The minimum atomic E-state index is -0.687. The second kappa shape index (κ2) is 10.3. The molecule has 2 aliphatic heterocycles. The molecule has 2 aliphatic rings. The number of nitrogens with two attached hydrogens (primary N) is 2. The molecule has 6 N–H and O–H groups in total. The molecular weight excluding hydrogens is 434 g/mol. The van der Waals surface area contributed by atoms with E-state index >= 15 is 0 Å². The molecule has 2 heterocycles. The average molecular weight is 468 g/mol. The summed E-state index contributed by atoms with van der Waals surface area (Å²) in [4.78, 5) is 29.9. The molecule has 34 heavy (non-hydrogen) atoms. The molecule has 0 aliphatic carbocycles. The Morgan fingerprint density at radius 1 is 0.971 bits per heavy atom. The molecule has 1 fully saturated rings. The molecule has 1 atom stereocenters. The zero-order valence-corrected chi connectivity index (χ0v) is 19.3. The summed E-state index contributed by atoms with van der Waals surface area (Å²) in [6, 6.07) is 10.6. The summed E-state index contributed by atoms with van der Waals surface area (Å²) in [5.74, 6) is -0.365. The third-order valence-electron chi connectivity index (χ3n) is 6.72. The normalized spacial score (nSPS) is 17.0. The number of piperazine rings is 1. The highest BCUT2D eigenvalue weighted by Gasteiger charge is 2.26. The minimum Gasteiger partial charge on any atom is -0.508 e. The molecule has 0 bridgehead atoms. The van der Waals surface area contributed by atoms with Crippen LogP contribution < -0.4 is 16.4 Å². The first kappa shape index (κ1) is 23.8. The lowest BCUT2D eigenvalue weighted by molar-refractivity contribution is -0.133. The van der Waals surface area contributed by atoms with Gasteiger partial charge in [-0.2, -0.15) is 0 Å². The van der Waals surface area contributed by atoms with Crippen LogP contribution in [-0.2, 0) is 29.1 Å². The lowest BCUT2D eigenvalue weighted by atomic mass is 10.1. The highest BCUT2D eigenvalue weighted by Crippen LogP contribution is 2.29. The van der Waals surface area contributed by atoms with Crippen molar-refractivity contribution in [3.8, 4) is 11.5 Å².